The molecule has 0 aliphatic heterocycles. The van der Waals surface area contributed by atoms with Crippen molar-refractivity contribution >= 4 is 16.9 Å². The van der Waals surface area contributed by atoms with Crippen LogP contribution in [0.5, 0.6) is 11.5 Å². The van der Waals surface area contributed by atoms with Gasteiger partial charge in [0.15, 0.2) is 0 Å². The Morgan fingerprint density at radius 3 is 2.60 bits per heavy atom. The molecule has 6 nitrogen and oxygen atoms in total. The average Bonchev–Trinajstić information content (AvgIpc) is 3.14. The van der Waals surface area contributed by atoms with Gasteiger partial charge in [0, 0.05) is 29.6 Å². The number of nitrogens with zero attached hydrogens (tertiary/aromatic N) is 1. The second-order valence-corrected chi connectivity index (χ2v) is 8.47. The van der Waals surface area contributed by atoms with Gasteiger partial charge in [0.25, 0.3) is 0 Å². The number of carboxylic acid groups (broad SMARTS) is 1. The van der Waals surface area contributed by atoms with E-state index in [4.69, 9.17) is 9.47 Å². The molecular weight excluding hydrogens is 447 g/mol. The number of aromatic nitrogens is 1. The van der Waals surface area contributed by atoms with Gasteiger partial charge in [-0.15, -0.1) is 0 Å². The maximum Gasteiger partial charge on any atom is 0.352 e. The van der Waals surface area contributed by atoms with E-state index in [0.717, 1.165) is 33.5 Å². The first kappa shape index (κ1) is 24.3. The van der Waals surface area contributed by atoms with Crippen molar-refractivity contribution in [2.75, 3.05) is 20.8 Å². The van der Waals surface area contributed by atoms with Gasteiger partial charge in [0.05, 0.1) is 14.2 Å². The predicted octanol–water partition coefficient (Wildman–Crippen LogP) is 5.18. The maximum absolute atomic E-state index is 13.8. The molecule has 2 N–H and O–H groups in total. The standard InChI is InChI=1S/C28H29FN2O4/c1-18-7-9-23-24(16-30-12-11-20-15-22(34-2)8-10-26(20)35-3)27(28(32)33)31(25(23)13-18)17-19-5-4-6-21(29)14-19/h4-10,13-15,30H,11-12,16-17H2,1-3H3,(H,32,33). The first-order chi connectivity index (χ1) is 16.9. The number of aryl methyl sites for hydroxylation is 1. The van der Waals surface area contributed by atoms with Gasteiger partial charge in [0.1, 0.15) is 23.0 Å². The Hall–Kier alpha value is -3.84. The fraction of sp³-hybridized carbons (Fsp3) is 0.250. The molecule has 3 aromatic carbocycles. The molecule has 4 aromatic rings. The molecule has 0 bridgehead atoms. The molecule has 4 rings (SSSR count). The largest absolute Gasteiger partial charge is 0.497 e. The van der Waals surface area contributed by atoms with Crippen LogP contribution in [-0.4, -0.2) is 36.4 Å². The summed E-state index contributed by atoms with van der Waals surface area (Å²) in [4.78, 5) is 12.4. The van der Waals surface area contributed by atoms with Crippen LogP contribution in [0.25, 0.3) is 10.9 Å². The topological polar surface area (TPSA) is 72.7 Å². The van der Waals surface area contributed by atoms with E-state index < -0.39 is 5.97 Å². The normalized spacial score (nSPS) is 11.1. The van der Waals surface area contributed by atoms with Crippen LogP contribution in [0.2, 0.25) is 0 Å². The lowest BCUT2D eigenvalue weighted by molar-refractivity contribution is 0.0684. The third kappa shape index (κ3) is 5.30. The molecule has 0 aliphatic carbocycles. The van der Waals surface area contributed by atoms with Crippen molar-refractivity contribution in [1.29, 1.82) is 0 Å². The number of rotatable bonds is 10. The van der Waals surface area contributed by atoms with Gasteiger partial charge >= 0.3 is 5.97 Å². The fourth-order valence-corrected chi connectivity index (χ4v) is 4.45. The maximum atomic E-state index is 13.8. The molecule has 0 atom stereocenters. The zero-order valence-electron chi connectivity index (χ0n) is 20.1. The third-order valence-electron chi connectivity index (χ3n) is 6.12. The molecule has 0 fully saturated rings. The molecule has 0 spiro atoms. The van der Waals surface area contributed by atoms with Crippen molar-refractivity contribution in [3.05, 3.63) is 94.4 Å². The van der Waals surface area contributed by atoms with Crippen LogP contribution < -0.4 is 14.8 Å². The summed E-state index contributed by atoms with van der Waals surface area (Å²) in [7, 11) is 3.26. The van der Waals surface area contributed by atoms with E-state index in [1.165, 1.54) is 12.1 Å². The van der Waals surface area contributed by atoms with Crippen molar-refractivity contribution in [2.45, 2.75) is 26.4 Å². The second kappa shape index (κ2) is 10.6. The van der Waals surface area contributed by atoms with Crippen LogP contribution >= 0.6 is 0 Å². The average molecular weight is 477 g/mol. The van der Waals surface area contributed by atoms with Crippen LogP contribution in [0.15, 0.2) is 60.7 Å². The first-order valence-corrected chi connectivity index (χ1v) is 11.4. The number of ether oxygens (including phenoxy) is 2. The lowest BCUT2D eigenvalue weighted by Gasteiger charge is -2.12. The molecule has 182 valence electrons. The van der Waals surface area contributed by atoms with Gasteiger partial charge < -0.3 is 24.5 Å². The highest BCUT2D eigenvalue weighted by atomic mass is 19.1. The Morgan fingerprint density at radius 1 is 1.06 bits per heavy atom. The number of nitrogens with one attached hydrogen (secondary N) is 1. The molecule has 0 radical (unpaired) electrons. The minimum Gasteiger partial charge on any atom is -0.497 e. The number of carboxylic acids is 1. The Morgan fingerprint density at radius 2 is 1.89 bits per heavy atom. The van der Waals surface area contributed by atoms with Crippen molar-refractivity contribution in [1.82, 2.24) is 9.88 Å². The summed E-state index contributed by atoms with van der Waals surface area (Å²) in [6, 6.07) is 17.8. The lowest BCUT2D eigenvalue weighted by atomic mass is 10.1. The summed E-state index contributed by atoms with van der Waals surface area (Å²) in [5.41, 5.74) is 4.47. The Labute approximate surface area is 203 Å². The highest BCUT2D eigenvalue weighted by Gasteiger charge is 2.22. The van der Waals surface area contributed by atoms with Crippen molar-refractivity contribution in [2.24, 2.45) is 0 Å². The SMILES string of the molecule is COc1ccc(OC)c(CCNCc2c(C(=O)O)n(Cc3cccc(F)c3)c3cc(C)ccc23)c1. The van der Waals surface area contributed by atoms with Crippen LogP contribution in [-0.2, 0) is 19.5 Å². The summed E-state index contributed by atoms with van der Waals surface area (Å²) >= 11 is 0. The number of methoxy groups -OCH3 is 2. The number of halogens is 1. The quantitative estimate of drug-likeness (QED) is 0.309. The molecule has 0 unspecified atom stereocenters. The number of fused-ring (bicyclic) bond motifs is 1. The van der Waals surface area contributed by atoms with Crippen LogP contribution in [0.4, 0.5) is 4.39 Å². The summed E-state index contributed by atoms with van der Waals surface area (Å²) in [5, 5.41) is 14.4. The fourth-order valence-electron chi connectivity index (χ4n) is 4.45. The van der Waals surface area contributed by atoms with Gasteiger partial charge in [0.2, 0.25) is 0 Å². The molecule has 1 heterocycles. The highest BCUT2D eigenvalue weighted by Crippen LogP contribution is 2.29. The van der Waals surface area contributed by atoms with E-state index in [0.29, 0.717) is 30.6 Å². The van der Waals surface area contributed by atoms with E-state index in [1.807, 2.05) is 43.3 Å². The monoisotopic (exact) mass is 476 g/mol. The lowest BCUT2D eigenvalue weighted by Crippen LogP contribution is -2.19. The molecule has 0 amide bonds. The van der Waals surface area contributed by atoms with E-state index in [1.54, 1.807) is 30.9 Å². The summed E-state index contributed by atoms with van der Waals surface area (Å²) < 4.78 is 26.4. The number of carbonyl (C=O) groups is 1. The third-order valence-corrected chi connectivity index (χ3v) is 6.12. The number of aromatic carboxylic acids is 1. The van der Waals surface area contributed by atoms with E-state index >= 15 is 0 Å². The zero-order chi connectivity index (χ0) is 24.9. The van der Waals surface area contributed by atoms with Crippen molar-refractivity contribution in [3.8, 4) is 11.5 Å². The molecule has 0 saturated carbocycles. The molecular formula is C28H29FN2O4. The minimum atomic E-state index is -1.01. The van der Waals surface area contributed by atoms with Gasteiger partial charge in [-0.05, 0) is 73.0 Å². The van der Waals surface area contributed by atoms with Crippen LogP contribution in [0.3, 0.4) is 0 Å². The summed E-state index contributed by atoms with van der Waals surface area (Å²) in [5.74, 6) is 0.175. The van der Waals surface area contributed by atoms with Gasteiger partial charge in [-0.2, -0.15) is 0 Å². The van der Waals surface area contributed by atoms with E-state index in [2.05, 4.69) is 5.32 Å². The number of hydrogen-bond acceptors (Lipinski definition) is 4. The first-order valence-electron chi connectivity index (χ1n) is 11.4. The van der Waals surface area contributed by atoms with Crippen molar-refractivity contribution < 1.29 is 23.8 Å². The van der Waals surface area contributed by atoms with Crippen LogP contribution in [0.1, 0.15) is 32.7 Å². The Balaban J connectivity index is 1.62. The zero-order valence-corrected chi connectivity index (χ0v) is 20.1. The smallest absolute Gasteiger partial charge is 0.352 e. The molecule has 0 aliphatic rings. The van der Waals surface area contributed by atoms with Gasteiger partial charge in [-0.3, -0.25) is 0 Å². The predicted molar refractivity (Wildman–Crippen MR) is 134 cm³/mol. The highest BCUT2D eigenvalue weighted by molar-refractivity contribution is 5.98. The van der Waals surface area contributed by atoms with Crippen LogP contribution in [0, 0.1) is 12.7 Å². The summed E-state index contributed by atoms with van der Waals surface area (Å²) in [6.07, 6.45) is 0.684. The molecule has 0 saturated heterocycles. The molecule has 7 heteroatoms. The Bertz CT molecular complexity index is 1360. The van der Waals surface area contributed by atoms with Gasteiger partial charge in [-0.1, -0.05) is 24.3 Å². The molecule has 1 aromatic heterocycles. The number of hydrogen-bond donors (Lipinski definition) is 2. The number of benzene rings is 3. The second-order valence-electron chi connectivity index (χ2n) is 8.47. The van der Waals surface area contributed by atoms with Crippen molar-refractivity contribution in [3.63, 3.8) is 0 Å². The van der Waals surface area contributed by atoms with E-state index in [-0.39, 0.29) is 18.1 Å². The molecule has 35 heavy (non-hydrogen) atoms. The Kier molecular flexibility index (Phi) is 7.36. The minimum absolute atomic E-state index is 0.210. The summed E-state index contributed by atoms with van der Waals surface area (Å²) in [6.45, 7) is 3.23. The van der Waals surface area contributed by atoms with Gasteiger partial charge in [-0.25, -0.2) is 9.18 Å². The van der Waals surface area contributed by atoms with E-state index in [9.17, 15) is 14.3 Å².